The number of rotatable bonds is 7. The van der Waals surface area contributed by atoms with Gasteiger partial charge in [-0.2, -0.15) is 13.2 Å². The fourth-order valence-corrected chi connectivity index (χ4v) is 5.75. The van der Waals surface area contributed by atoms with Gasteiger partial charge in [0.15, 0.2) is 0 Å². The number of ether oxygens (including phenoxy) is 1. The molecule has 1 atom stereocenters. The van der Waals surface area contributed by atoms with Crippen LogP contribution in [-0.4, -0.2) is 79.6 Å². The van der Waals surface area contributed by atoms with Gasteiger partial charge in [-0.15, -0.1) is 11.8 Å². The standard InChI is InChI=1S/C27H26F3N7O3S.2H2O/c1-40-12-7-21(38)36-11-13-41-19(15-36)25-35-22(23-24(31)33-9-10-37(23)25)16-2-4-17(5-3-16)26(39)34-20-14-18(6-8-32-20)27(28,29)30;;/h2-6,8-10,14,19H,7,11-13,15H2,1H3,(H2,31,33)(H,32,34,39);2*1H2/t19-;;/m1../s1. The van der Waals surface area contributed by atoms with Crippen LogP contribution in [0.1, 0.15) is 33.4 Å². The van der Waals surface area contributed by atoms with Crippen LogP contribution in [-0.2, 0) is 15.7 Å². The third-order valence-corrected chi connectivity index (χ3v) is 7.77. The summed E-state index contributed by atoms with van der Waals surface area (Å²) in [6.07, 6.45) is 0.0962. The summed E-state index contributed by atoms with van der Waals surface area (Å²) < 4.78 is 45.9. The summed E-state index contributed by atoms with van der Waals surface area (Å²) >= 11 is 1.70. The molecule has 230 valence electrons. The number of carbonyl (C=O) groups excluding carboxylic acids is 2. The number of carbonyl (C=O) groups is 2. The Hall–Kier alpha value is -4.25. The third-order valence-electron chi connectivity index (χ3n) is 6.59. The first-order valence-electron chi connectivity index (χ1n) is 12.6. The molecule has 7 N–H and O–H groups in total. The summed E-state index contributed by atoms with van der Waals surface area (Å²) in [5, 5.41) is 2.29. The number of imidazole rings is 1. The lowest BCUT2D eigenvalue weighted by molar-refractivity contribution is -0.137. The molecule has 1 aliphatic heterocycles. The van der Waals surface area contributed by atoms with Crippen molar-refractivity contribution in [1.29, 1.82) is 0 Å². The summed E-state index contributed by atoms with van der Waals surface area (Å²) in [6, 6.07) is 8.05. The minimum atomic E-state index is -4.55. The lowest BCUT2D eigenvalue weighted by Crippen LogP contribution is -2.40. The molecule has 0 unspecified atom stereocenters. The molecule has 1 fully saturated rings. The third kappa shape index (κ3) is 7.22. The van der Waals surface area contributed by atoms with Gasteiger partial charge in [-0.25, -0.2) is 15.0 Å². The van der Waals surface area contributed by atoms with Crippen molar-refractivity contribution in [3.8, 4) is 11.3 Å². The van der Waals surface area contributed by atoms with E-state index in [0.717, 1.165) is 29.9 Å². The van der Waals surface area contributed by atoms with Crippen molar-refractivity contribution in [3.05, 3.63) is 71.9 Å². The van der Waals surface area contributed by atoms with E-state index in [1.807, 2.05) is 9.30 Å². The molecule has 12 nitrogen and oxygen atoms in total. The fraction of sp³-hybridized carbons (Fsp3) is 0.296. The van der Waals surface area contributed by atoms with Crippen molar-refractivity contribution in [1.82, 2.24) is 24.3 Å². The van der Waals surface area contributed by atoms with Gasteiger partial charge in [0.05, 0.1) is 23.8 Å². The van der Waals surface area contributed by atoms with Gasteiger partial charge in [-0.3, -0.25) is 14.0 Å². The maximum atomic E-state index is 13.0. The second kappa shape index (κ2) is 13.8. The predicted molar refractivity (Wildman–Crippen MR) is 156 cm³/mol. The van der Waals surface area contributed by atoms with Crippen LogP contribution in [0.3, 0.4) is 0 Å². The van der Waals surface area contributed by atoms with Crippen molar-refractivity contribution in [2.24, 2.45) is 0 Å². The minimum Gasteiger partial charge on any atom is -0.412 e. The highest BCUT2D eigenvalue weighted by Crippen LogP contribution is 2.37. The van der Waals surface area contributed by atoms with E-state index in [2.05, 4.69) is 15.3 Å². The molecule has 0 radical (unpaired) electrons. The van der Waals surface area contributed by atoms with Crippen molar-refractivity contribution in [2.75, 3.05) is 43.6 Å². The molecule has 0 saturated carbocycles. The molecule has 0 bridgehead atoms. The molecule has 1 saturated heterocycles. The SMILES string of the molecule is COCCC(=O)N1CCS[C@@H](c2nc(-c3ccc(C(=O)Nc4cc(C(F)(F)F)ccn4)cc3)c3c(N)nccn23)C1.O.O. The number of alkyl halides is 3. The molecular weight excluding hydrogens is 591 g/mol. The topological polar surface area (TPSA) is 191 Å². The van der Waals surface area contributed by atoms with Crippen LogP contribution in [0, 0.1) is 0 Å². The van der Waals surface area contributed by atoms with Crippen molar-refractivity contribution >= 4 is 40.7 Å². The number of nitrogen functional groups attached to an aromatic ring is 1. The molecule has 1 aliphatic rings. The lowest BCUT2D eigenvalue weighted by Gasteiger charge is -2.31. The largest absolute Gasteiger partial charge is 0.416 e. The predicted octanol–water partition coefficient (Wildman–Crippen LogP) is 2.65. The number of methoxy groups -OCH3 is 1. The molecule has 0 spiro atoms. The van der Waals surface area contributed by atoms with Gasteiger partial charge in [-0.1, -0.05) is 12.1 Å². The molecule has 0 aliphatic carbocycles. The number of pyridine rings is 1. The number of hydrogen-bond acceptors (Lipinski definition) is 8. The van der Waals surface area contributed by atoms with Crippen LogP contribution in [0.25, 0.3) is 16.8 Å². The lowest BCUT2D eigenvalue weighted by atomic mass is 10.1. The summed E-state index contributed by atoms with van der Waals surface area (Å²) in [7, 11) is 1.56. The number of thioether (sulfide) groups is 1. The smallest absolute Gasteiger partial charge is 0.412 e. The van der Waals surface area contributed by atoms with E-state index < -0.39 is 17.6 Å². The molecule has 1 aromatic carbocycles. The number of amides is 2. The van der Waals surface area contributed by atoms with Gasteiger partial charge in [0, 0.05) is 55.7 Å². The second-order valence-electron chi connectivity index (χ2n) is 9.25. The van der Waals surface area contributed by atoms with E-state index in [0.29, 0.717) is 42.9 Å². The Morgan fingerprint density at radius 2 is 1.88 bits per heavy atom. The van der Waals surface area contributed by atoms with Gasteiger partial charge in [0.25, 0.3) is 5.91 Å². The zero-order chi connectivity index (χ0) is 29.1. The van der Waals surface area contributed by atoms with Crippen molar-refractivity contribution in [3.63, 3.8) is 0 Å². The Balaban J connectivity index is 0.00000253. The zero-order valence-electron chi connectivity index (χ0n) is 22.9. The average molecular weight is 622 g/mol. The van der Waals surface area contributed by atoms with Crippen molar-refractivity contribution < 1.29 is 38.4 Å². The Morgan fingerprint density at radius 1 is 1.14 bits per heavy atom. The molecule has 4 heterocycles. The zero-order valence-corrected chi connectivity index (χ0v) is 23.7. The first-order chi connectivity index (χ1) is 19.7. The van der Waals surface area contributed by atoms with Gasteiger partial charge >= 0.3 is 6.18 Å². The van der Waals surface area contributed by atoms with E-state index >= 15 is 0 Å². The molecule has 43 heavy (non-hydrogen) atoms. The van der Waals surface area contributed by atoms with Gasteiger partial charge in [0.1, 0.15) is 28.7 Å². The highest BCUT2D eigenvalue weighted by Gasteiger charge is 2.31. The van der Waals surface area contributed by atoms with Crippen LogP contribution in [0.4, 0.5) is 24.8 Å². The van der Waals surface area contributed by atoms with E-state index in [-0.39, 0.29) is 39.3 Å². The maximum Gasteiger partial charge on any atom is 0.416 e. The molecule has 5 rings (SSSR count). The van der Waals surface area contributed by atoms with E-state index in [4.69, 9.17) is 15.5 Å². The first kappa shape index (κ1) is 33.3. The number of nitrogens with two attached hydrogens (primary N) is 1. The molecular formula is C27H30F3N7O5S. The number of aromatic nitrogens is 4. The van der Waals surface area contributed by atoms with Crippen LogP contribution in [0.5, 0.6) is 0 Å². The highest BCUT2D eigenvalue weighted by molar-refractivity contribution is 7.99. The van der Waals surface area contributed by atoms with Gasteiger partial charge in [-0.05, 0) is 24.3 Å². The second-order valence-corrected chi connectivity index (χ2v) is 10.6. The first-order valence-corrected chi connectivity index (χ1v) is 13.7. The van der Waals surface area contributed by atoms with Crippen LogP contribution in [0.2, 0.25) is 0 Å². The number of fused-ring (bicyclic) bond motifs is 1. The number of nitrogens with one attached hydrogen (secondary N) is 1. The quantitative estimate of drug-likeness (QED) is 0.315. The Labute approximate surface area is 248 Å². The molecule has 2 amide bonds. The minimum absolute atomic E-state index is 0. The number of hydrogen-bond donors (Lipinski definition) is 2. The normalized spacial score (nSPS) is 15.0. The van der Waals surface area contributed by atoms with E-state index in [1.54, 1.807) is 55.5 Å². The van der Waals surface area contributed by atoms with Gasteiger partial charge < -0.3 is 31.6 Å². The Bertz CT molecular complexity index is 1580. The molecule has 16 heteroatoms. The van der Waals surface area contributed by atoms with E-state index in [9.17, 15) is 22.8 Å². The Morgan fingerprint density at radius 3 is 2.58 bits per heavy atom. The average Bonchev–Trinajstić information content (AvgIpc) is 3.37. The van der Waals surface area contributed by atoms with Crippen LogP contribution < -0.4 is 11.1 Å². The summed E-state index contributed by atoms with van der Waals surface area (Å²) in [4.78, 5) is 40.1. The fourth-order valence-electron chi connectivity index (χ4n) is 4.54. The van der Waals surface area contributed by atoms with Crippen LogP contribution >= 0.6 is 11.8 Å². The Kier molecular flexibility index (Phi) is 10.7. The monoisotopic (exact) mass is 621 g/mol. The number of halogens is 3. The number of anilines is 2. The number of benzene rings is 1. The number of nitrogens with zero attached hydrogens (tertiary/aromatic N) is 5. The molecule has 3 aromatic heterocycles. The summed E-state index contributed by atoms with van der Waals surface area (Å²) in [6.45, 7) is 1.48. The van der Waals surface area contributed by atoms with Crippen molar-refractivity contribution in [2.45, 2.75) is 17.8 Å². The van der Waals surface area contributed by atoms with Gasteiger partial charge in [0.2, 0.25) is 5.91 Å². The summed E-state index contributed by atoms with van der Waals surface area (Å²) in [5.41, 5.74) is 7.39. The molecule has 4 aromatic rings. The highest BCUT2D eigenvalue weighted by atomic mass is 32.2. The summed E-state index contributed by atoms with van der Waals surface area (Å²) in [5.74, 6) is 0.935. The van der Waals surface area contributed by atoms with Crippen LogP contribution in [0.15, 0.2) is 55.0 Å². The van der Waals surface area contributed by atoms with E-state index in [1.165, 1.54) is 0 Å². The maximum absolute atomic E-state index is 13.0.